The molecule has 39 heavy (non-hydrogen) atoms. The predicted octanol–water partition coefficient (Wildman–Crippen LogP) is 0.252. The van der Waals surface area contributed by atoms with Crippen molar-refractivity contribution in [2.75, 3.05) is 37.6 Å². The molecule has 0 saturated carbocycles. The first-order valence-corrected chi connectivity index (χ1v) is 14.3. The third-order valence-electron chi connectivity index (χ3n) is 5.73. The Bertz CT molecular complexity index is 1260. The number of hydrogen-bond donors (Lipinski definition) is 3. The first-order chi connectivity index (χ1) is 18.8. The summed E-state index contributed by atoms with van der Waals surface area (Å²) in [7, 11) is 2.91. The second-order valence-corrected chi connectivity index (χ2v) is 11.4. The number of oxime groups is 1. The van der Waals surface area contributed by atoms with Gasteiger partial charge in [-0.05, 0) is 11.6 Å². The van der Waals surface area contributed by atoms with Crippen LogP contribution in [0.25, 0.3) is 0 Å². The SMILES string of the molecule is COCC1=CN2C(=O)C(NC(=O)C(=NOC)c3csc(NC=O)n3)[C@H]2SC1.O=C(O)C1=CCS[C@@H]2CC(=O)N12. The minimum Gasteiger partial charge on any atom is -0.477 e. The molecular weight excluding hydrogens is 572 g/mol. The normalized spacial score (nSPS) is 23.4. The number of amides is 4. The van der Waals surface area contributed by atoms with Gasteiger partial charge in [0.2, 0.25) is 12.3 Å². The summed E-state index contributed by atoms with van der Waals surface area (Å²) in [6.07, 6.45) is 4.33. The Hall–Kier alpha value is -3.41. The number of β-lactam (4-membered cyclic amide) rings is 2. The van der Waals surface area contributed by atoms with Gasteiger partial charge in [-0.2, -0.15) is 0 Å². The zero-order chi connectivity index (χ0) is 28.1. The maximum atomic E-state index is 12.6. The summed E-state index contributed by atoms with van der Waals surface area (Å²) in [6, 6.07) is -0.656. The van der Waals surface area contributed by atoms with Gasteiger partial charge in [-0.1, -0.05) is 5.16 Å². The van der Waals surface area contributed by atoms with Crippen molar-refractivity contribution >= 4 is 75.8 Å². The van der Waals surface area contributed by atoms with Crippen LogP contribution in [-0.2, 0) is 33.5 Å². The van der Waals surface area contributed by atoms with Crippen molar-refractivity contribution in [1.82, 2.24) is 20.1 Å². The van der Waals surface area contributed by atoms with E-state index in [1.807, 2.05) is 0 Å². The predicted molar refractivity (Wildman–Crippen MR) is 144 cm³/mol. The van der Waals surface area contributed by atoms with Crippen LogP contribution in [0.5, 0.6) is 0 Å². The van der Waals surface area contributed by atoms with Crippen LogP contribution in [0, 0.1) is 0 Å². The number of carbonyl (C=O) groups excluding carboxylic acids is 4. The number of thioether (sulfide) groups is 2. The number of nitrogens with zero attached hydrogens (tertiary/aromatic N) is 4. The summed E-state index contributed by atoms with van der Waals surface area (Å²) >= 11 is 4.30. The minimum absolute atomic E-state index is 0.0737. The molecular formula is C22H24N6O8S3. The smallest absolute Gasteiger partial charge is 0.352 e. The van der Waals surface area contributed by atoms with E-state index in [4.69, 9.17) is 14.7 Å². The highest BCUT2D eigenvalue weighted by molar-refractivity contribution is 8.00. The zero-order valence-electron chi connectivity index (χ0n) is 20.7. The number of anilines is 1. The molecule has 1 unspecified atom stereocenters. The third kappa shape index (κ3) is 6.10. The molecule has 0 bridgehead atoms. The zero-order valence-corrected chi connectivity index (χ0v) is 23.1. The molecule has 4 amide bonds. The first-order valence-electron chi connectivity index (χ1n) is 11.4. The molecule has 2 saturated heterocycles. The van der Waals surface area contributed by atoms with Crippen molar-refractivity contribution in [3.63, 3.8) is 0 Å². The number of ether oxygens (including phenoxy) is 1. The van der Waals surface area contributed by atoms with E-state index in [0.29, 0.717) is 30.3 Å². The average molecular weight is 597 g/mol. The van der Waals surface area contributed by atoms with Gasteiger partial charge in [0.1, 0.15) is 29.9 Å². The van der Waals surface area contributed by atoms with Gasteiger partial charge in [-0.25, -0.2) is 9.78 Å². The number of nitrogens with one attached hydrogen (secondary N) is 2. The summed E-state index contributed by atoms with van der Waals surface area (Å²) in [5.74, 6) is -0.455. The first kappa shape index (κ1) is 28.6. The lowest BCUT2D eigenvalue weighted by Gasteiger charge is -2.47. The molecule has 17 heteroatoms. The van der Waals surface area contributed by atoms with Gasteiger partial charge >= 0.3 is 5.97 Å². The molecule has 208 valence electrons. The number of rotatable bonds is 9. The number of thiazole rings is 1. The van der Waals surface area contributed by atoms with Crippen LogP contribution >= 0.6 is 34.9 Å². The van der Waals surface area contributed by atoms with Crippen molar-refractivity contribution in [3.8, 4) is 0 Å². The number of hydrogen-bond acceptors (Lipinski definition) is 12. The monoisotopic (exact) mass is 596 g/mol. The van der Waals surface area contributed by atoms with Crippen molar-refractivity contribution in [3.05, 3.63) is 34.6 Å². The summed E-state index contributed by atoms with van der Waals surface area (Å²) in [5, 5.41) is 19.3. The fourth-order valence-corrected chi connectivity index (χ4v) is 6.98. The molecule has 0 radical (unpaired) electrons. The third-order valence-corrected chi connectivity index (χ3v) is 9.01. The van der Waals surface area contributed by atoms with Gasteiger partial charge in [0.25, 0.3) is 11.8 Å². The van der Waals surface area contributed by atoms with E-state index in [2.05, 4.69) is 20.8 Å². The standard InChI is InChI=1S/C15H17N5O5S2.C7H7NO3S/c1-24-4-8-3-20-13(23)11(14(20)26-5-8)18-12(22)10(19-25-2)9-6-27-15(17-9)16-7-21;9-5-3-6-8(5)4(7(10)11)1-2-12-6/h3,6-7,11,14H,4-5H2,1-2H3,(H,18,22)(H,16,17,21);1,6H,2-3H2,(H,10,11)/t11?,14-;6-/m11/s1. The fraction of sp³-hybridized carbons (Fsp3) is 0.409. The molecule has 1 aromatic heterocycles. The number of aliphatic carboxylic acids is 1. The largest absolute Gasteiger partial charge is 0.477 e. The van der Waals surface area contributed by atoms with Gasteiger partial charge in [0.15, 0.2) is 10.8 Å². The Morgan fingerprint density at radius 1 is 1.31 bits per heavy atom. The molecule has 5 heterocycles. The maximum Gasteiger partial charge on any atom is 0.352 e. The van der Waals surface area contributed by atoms with Crippen molar-refractivity contribution in [1.29, 1.82) is 0 Å². The Balaban J connectivity index is 0.000000243. The van der Waals surface area contributed by atoms with Crippen LogP contribution in [0.3, 0.4) is 0 Å². The van der Waals surface area contributed by atoms with Crippen molar-refractivity contribution in [2.45, 2.75) is 23.2 Å². The van der Waals surface area contributed by atoms with Gasteiger partial charge in [0.05, 0.1) is 18.4 Å². The second kappa shape index (κ2) is 12.6. The summed E-state index contributed by atoms with van der Waals surface area (Å²) in [4.78, 5) is 68.9. The number of aromatic nitrogens is 1. The molecule has 4 aliphatic rings. The lowest BCUT2D eigenvalue weighted by Crippen LogP contribution is -2.69. The van der Waals surface area contributed by atoms with E-state index in [1.54, 1.807) is 53.2 Å². The highest BCUT2D eigenvalue weighted by atomic mass is 32.2. The molecule has 1 aromatic rings. The highest BCUT2D eigenvalue weighted by Crippen LogP contribution is 2.37. The molecule has 4 aliphatic heterocycles. The minimum atomic E-state index is -1.01. The Kier molecular flexibility index (Phi) is 9.26. The van der Waals surface area contributed by atoms with Gasteiger partial charge in [0, 0.05) is 30.2 Å². The molecule has 3 N–H and O–H groups in total. The van der Waals surface area contributed by atoms with E-state index in [1.165, 1.54) is 12.0 Å². The molecule has 0 aliphatic carbocycles. The maximum absolute atomic E-state index is 12.6. The van der Waals surface area contributed by atoms with Crippen molar-refractivity contribution in [2.24, 2.45) is 5.16 Å². The van der Waals surface area contributed by atoms with Gasteiger partial charge in [-0.15, -0.1) is 34.9 Å². The van der Waals surface area contributed by atoms with Crippen LogP contribution in [-0.4, -0.2) is 105 Å². The summed E-state index contributed by atoms with van der Waals surface area (Å²) < 4.78 is 5.09. The number of methoxy groups -OCH3 is 1. The number of carbonyl (C=O) groups is 5. The molecule has 2 fully saturated rings. The lowest BCUT2D eigenvalue weighted by atomic mass is 10.1. The topological polar surface area (TPSA) is 180 Å². The lowest BCUT2D eigenvalue weighted by molar-refractivity contribution is -0.146. The summed E-state index contributed by atoms with van der Waals surface area (Å²) in [5.41, 5.74) is 1.33. The molecule has 5 rings (SSSR count). The second-order valence-electron chi connectivity index (χ2n) is 8.19. The van der Waals surface area contributed by atoms with Crippen LogP contribution in [0.1, 0.15) is 12.1 Å². The van der Waals surface area contributed by atoms with E-state index >= 15 is 0 Å². The van der Waals surface area contributed by atoms with Crippen LogP contribution in [0.15, 0.2) is 34.1 Å². The number of carboxylic acids is 1. The highest BCUT2D eigenvalue weighted by Gasteiger charge is 2.50. The Morgan fingerprint density at radius 3 is 2.74 bits per heavy atom. The van der Waals surface area contributed by atoms with E-state index < -0.39 is 17.9 Å². The molecule has 3 atom stereocenters. The average Bonchev–Trinajstić information content (AvgIpc) is 3.38. The fourth-order valence-electron chi connectivity index (χ4n) is 3.97. The van der Waals surface area contributed by atoms with E-state index in [-0.39, 0.29) is 39.7 Å². The molecule has 0 aromatic carbocycles. The molecule has 0 spiro atoms. The number of carboxylic acid groups (broad SMARTS) is 1. The van der Waals surface area contributed by atoms with Crippen LogP contribution in [0.4, 0.5) is 5.13 Å². The van der Waals surface area contributed by atoms with Crippen LogP contribution in [0.2, 0.25) is 0 Å². The van der Waals surface area contributed by atoms with Crippen molar-refractivity contribution < 1.29 is 38.7 Å². The number of fused-ring (bicyclic) bond motifs is 2. The molecule has 14 nitrogen and oxygen atoms in total. The van der Waals surface area contributed by atoms with E-state index in [9.17, 15) is 24.0 Å². The Morgan fingerprint density at radius 2 is 2.10 bits per heavy atom. The summed E-state index contributed by atoms with van der Waals surface area (Å²) in [6.45, 7) is 0.464. The van der Waals surface area contributed by atoms with Gasteiger partial charge in [-0.3, -0.25) is 24.1 Å². The Labute approximate surface area is 234 Å². The van der Waals surface area contributed by atoms with Crippen LogP contribution < -0.4 is 10.6 Å². The quantitative estimate of drug-likeness (QED) is 0.154. The van der Waals surface area contributed by atoms with E-state index in [0.717, 1.165) is 22.7 Å². The van der Waals surface area contributed by atoms with Gasteiger partial charge < -0.3 is 30.2 Å².